The maximum absolute atomic E-state index is 6.50. The summed E-state index contributed by atoms with van der Waals surface area (Å²) in [5.41, 5.74) is 17.8. The van der Waals surface area contributed by atoms with Crippen LogP contribution in [0.3, 0.4) is 0 Å². The van der Waals surface area contributed by atoms with Gasteiger partial charge in [-0.15, -0.1) is 0 Å². The highest BCUT2D eigenvalue weighted by molar-refractivity contribution is 7.50. The molecule has 0 aliphatic carbocycles. The largest absolute Gasteiger partial charge is 0.357 e. The second-order valence-electron chi connectivity index (χ2n) is 14.5. The molecule has 2 aromatic rings. The molecule has 2 N–H and O–H groups in total. The summed E-state index contributed by atoms with van der Waals surface area (Å²) in [6, 6.07) is 9.98. The molecule has 0 bridgehead atoms. The topological polar surface area (TPSA) is 35.2 Å². The van der Waals surface area contributed by atoms with Crippen molar-refractivity contribution in [2.45, 2.75) is 117 Å². The molecule has 0 atom stereocenters. The Morgan fingerprint density at radius 2 is 1.00 bits per heavy atom. The predicted octanol–water partition coefficient (Wildman–Crippen LogP) is 8.93. The molecule has 35 heavy (non-hydrogen) atoms. The van der Waals surface area contributed by atoms with Gasteiger partial charge >= 0.3 is 0 Å². The predicted molar refractivity (Wildman–Crippen MR) is 156 cm³/mol. The van der Waals surface area contributed by atoms with E-state index in [9.17, 15) is 0 Å². The third-order valence-electron chi connectivity index (χ3n) is 7.20. The lowest BCUT2D eigenvalue weighted by Crippen LogP contribution is -2.20. The van der Waals surface area contributed by atoms with Crippen molar-refractivity contribution in [3.05, 3.63) is 57.6 Å². The molecule has 194 valence electrons. The average molecular weight is 496 g/mol. The van der Waals surface area contributed by atoms with Gasteiger partial charge in [-0.3, -0.25) is 0 Å². The van der Waals surface area contributed by atoms with Crippen molar-refractivity contribution >= 4 is 8.15 Å². The van der Waals surface area contributed by atoms with Crippen LogP contribution >= 0.6 is 8.15 Å². The Labute approximate surface area is 217 Å². The lowest BCUT2D eigenvalue weighted by molar-refractivity contribution is 0.362. The van der Waals surface area contributed by atoms with Gasteiger partial charge in [-0.25, -0.2) is 0 Å². The van der Waals surface area contributed by atoms with Gasteiger partial charge in [0.2, 0.25) is 0 Å². The normalized spacial score (nSPS) is 15.6. The zero-order valence-corrected chi connectivity index (χ0v) is 25.5. The Bertz CT molecular complexity index is 988. The van der Waals surface area contributed by atoms with E-state index in [1.54, 1.807) is 0 Å². The summed E-state index contributed by atoms with van der Waals surface area (Å²) in [6.07, 6.45) is 1.98. The summed E-state index contributed by atoms with van der Waals surface area (Å²) in [7, 11) is -0.660. The van der Waals surface area contributed by atoms with Crippen LogP contribution in [0, 0.1) is 0 Å². The van der Waals surface area contributed by atoms with E-state index in [1.807, 2.05) is 0 Å². The molecule has 0 fully saturated rings. The van der Waals surface area contributed by atoms with Crippen molar-refractivity contribution < 1.29 is 4.52 Å². The van der Waals surface area contributed by atoms with Crippen molar-refractivity contribution in [3.8, 4) is 11.1 Å². The van der Waals surface area contributed by atoms with E-state index in [2.05, 4.69) is 107 Å². The summed E-state index contributed by atoms with van der Waals surface area (Å²) < 4.78 is 6.50. The van der Waals surface area contributed by atoms with Crippen molar-refractivity contribution in [2.75, 3.05) is 13.2 Å². The minimum atomic E-state index is -0.660. The van der Waals surface area contributed by atoms with Gasteiger partial charge in [0.1, 0.15) is 0 Å². The monoisotopic (exact) mass is 495 g/mol. The molecular weight excluding hydrogens is 445 g/mol. The third kappa shape index (κ3) is 6.20. The molecule has 3 heteroatoms. The molecule has 0 amide bonds. The minimum absolute atomic E-state index is 0.0548. The molecule has 0 aromatic heterocycles. The fourth-order valence-electron chi connectivity index (χ4n) is 5.05. The summed E-state index contributed by atoms with van der Waals surface area (Å²) in [4.78, 5) is 0. The summed E-state index contributed by atoms with van der Waals surface area (Å²) in [6.45, 7) is 29.4. The average Bonchev–Trinajstić information content (AvgIpc) is 2.84. The van der Waals surface area contributed by atoms with Crippen LogP contribution < -0.4 is 5.73 Å². The Morgan fingerprint density at radius 1 is 0.629 bits per heavy atom. The summed E-state index contributed by atoms with van der Waals surface area (Å²) in [5.74, 6) is 0. The molecule has 1 aliphatic rings. The van der Waals surface area contributed by atoms with E-state index >= 15 is 0 Å². The van der Waals surface area contributed by atoms with Gasteiger partial charge in [-0.2, -0.15) is 0 Å². The lowest BCUT2D eigenvalue weighted by Gasteiger charge is -2.31. The zero-order chi connectivity index (χ0) is 26.6. The first-order valence-corrected chi connectivity index (χ1v) is 14.9. The van der Waals surface area contributed by atoms with Crippen molar-refractivity contribution in [2.24, 2.45) is 5.73 Å². The van der Waals surface area contributed by atoms with Crippen LogP contribution in [0.1, 0.15) is 116 Å². The molecule has 0 saturated carbocycles. The van der Waals surface area contributed by atoms with Gasteiger partial charge in [-0.1, -0.05) is 107 Å². The highest BCUT2D eigenvalue weighted by Crippen LogP contribution is 2.55. The van der Waals surface area contributed by atoms with Crippen molar-refractivity contribution in [1.82, 2.24) is 0 Å². The SMILES string of the molecule is CC(C)(C)c1cc2c(c(C(C)(C)C)c1)CP(OCCN)Cc1c-2cc(C(C)(C)C)cc1C(C)(C)C. The van der Waals surface area contributed by atoms with Gasteiger partial charge < -0.3 is 10.3 Å². The molecule has 1 heterocycles. The van der Waals surface area contributed by atoms with Crippen LogP contribution in [0.5, 0.6) is 0 Å². The molecule has 0 unspecified atom stereocenters. The van der Waals surface area contributed by atoms with E-state index in [1.165, 1.54) is 44.5 Å². The van der Waals surface area contributed by atoms with Crippen molar-refractivity contribution in [1.29, 1.82) is 0 Å². The molecule has 2 nitrogen and oxygen atoms in total. The first-order chi connectivity index (χ1) is 15.8. The summed E-state index contributed by atoms with van der Waals surface area (Å²) >= 11 is 0. The minimum Gasteiger partial charge on any atom is -0.357 e. The van der Waals surface area contributed by atoms with Crippen LogP contribution in [-0.4, -0.2) is 13.2 Å². The molecule has 0 saturated heterocycles. The molecule has 1 aliphatic heterocycles. The van der Waals surface area contributed by atoms with E-state index in [0.717, 1.165) is 12.3 Å². The van der Waals surface area contributed by atoms with Crippen molar-refractivity contribution in [3.63, 3.8) is 0 Å². The standard InChI is InChI=1S/C32H50NOP/c1-29(2,3)21-15-23-24-16-22(30(4,5)6)18-28(32(10,11)12)26(24)20-35(34-14-13-33)19-25(23)27(17-21)31(7,8)9/h15-18H,13-14,19-20,33H2,1-12H3. The van der Waals surface area contributed by atoms with Crippen LogP contribution in [0.25, 0.3) is 11.1 Å². The molecule has 0 radical (unpaired) electrons. The summed E-state index contributed by atoms with van der Waals surface area (Å²) in [5, 5.41) is 0. The van der Waals surface area contributed by atoms with Gasteiger partial charge in [0.25, 0.3) is 0 Å². The van der Waals surface area contributed by atoms with Gasteiger partial charge in [0, 0.05) is 27.0 Å². The van der Waals surface area contributed by atoms with Crippen LogP contribution in [0.15, 0.2) is 24.3 Å². The second kappa shape index (κ2) is 9.59. The first-order valence-electron chi connectivity index (χ1n) is 13.3. The van der Waals surface area contributed by atoms with E-state index in [4.69, 9.17) is 10.3 Å². The zero-order valence-electron chi connectivity index (χ0n) is 24.6. The molecule has 0 spiro atoms. The van der Waals surface area contributed by atoms with Crippen LogP contribution in [0.4, 0.5) is 0 Å². The van der Waals surface area contributed by atoms with E-state index in [-0.39, 0.29) is 21.7 Å². The van der Waals surface area contributed by atoms with Crippen LogP contribution in [-0.2, 0) is 38.5 Å². The Kier molecular flexibility index (Phi) is 7.77. The third-order valence-corrected chi connectivity index (χ3v) is 9.08. The maximum Gasteiger partial charge on any atom is 0.0631 e. The van der Waals surface area contributed by atoms with Gasteiger partial charge in [0.15, 0.2) is 0 Å². The highest BCUT2D eigenvalue weighted by atomic mass is 31.1. The molecular formula is C32H50NOP. The van der Waals surface area contributed by atoms with E-state index < -0.39 is 8.15 Å². The van der Waals surface area contributed by atoms with E-state index in [0.29, 0.717) is 13.2 Å². The number of nitrogens with two attached hydrogens (primary N) is 1. The fourth-order valence-corrected chi connectivity index (χ4v) is 7.10. The van der Waals surface area contributed by atoms with Gasteiger partial charge in [0.05, 0.1) is 6.61 Å². The Morgan fingerprint density at radius 3 is 1.29 bits per heavy atom. The molecule has 2 aromatic carbocycles. The first kappa shape index (κ1) is 28.4. The molecule has 3 rings (SSSR count). The lowest BCUT2D eigenvalue weighted by atomic mass is 9.73. The number of benzene rings is 2. The fraction of sp³-hybridized carbons (Fsp3) is 0.625. The Balaban J connectivity index is 2.50. The Hall–Kier alpha value is -1.21. The number of fused-ring (bicyclic) bond motifs is 3. The quantitative estimate of drug-likeness (QED) is 0.431. The van der Waals surface area contributed by atoms with Gasteiger partial charge in [-0.05, 0) is 66.2 Å². The number of rotatable bonds is 3. The van der Waals surface area contributed by atoms with Crippen LogP contribution in [0.2, 0.25) is 0 Å². The second-order valence-corrected chi connectivity index (χ2v) is 16.4. The maximum atomic E-state index is 6.50. The smallest absolute Gasteiger partial charge is 0.0631 e. The number of hydrogen-bond donors (Lipinski definition) is 1. The number of hydrogen-bond acceptors (Lipinski definition) is 2. The highest BCUT2D eigenvalue weighted by Gasteiger charge is 2.34.